The van der Waals surface area contributed by atoms with Gasteiger partial charge in [0.15, 0.2) is 0 Å². The van der Waals surface area contributed by atoms with E-state index in [0.29, 0.717) is 5.92 Å². The summed E-state index contributed by atoms with van der Waals surface area (Å²) in [7, 11) is 1.81. The molecule has 1 unspecified atom stereocenters. The zero-order valence-corrected chi connectivity index (χ0v) is 10.3. The fourth-order valence-electron chi connectivity index (χ4n) is 2.69. The van der Waals surface area contributed by atoms with Crippen LogP contribution >= 0.6 is 0 Å². The predicted octanol–water partition coefficient (Wildman–Crippen LogP) is 3.66. The first-order chi connectivity index (χ1) is 7.62. The van der Waals surface area contributed by atoms with E-state index in [9.17, 15) is 0 Å². The smallest absolute Gasteiger partial charge is 0.0955 e. The Kier molecular flexibility index (Phi) is 2.90. The van der Waals surface area contributed by atoms with Crippen LogP contribution in [0.25, 0.3) is 0 Å². The van der Waals surface area contributed by atoms with Crippen molar-refractivity contribution in [1.29, 1.82) is 0 Å². The minimum atomic E-state index is -0.189. The van der Waals surface area contributed by atoms with Crippen molar-refractivity contribution in [3.8, 4) is 0 Å². The van der Waals surface area contributed by atoms with E-state index in [0.717, 1.165) is 6.42 Å². The Morgan fingerprint density at radius 2 is 1.81 bits per heavy atom. The first-order valence-corrected chi connectivity index (χ1v) is 5.87. The Balaban J connectivity index is 2.32. The summed E-state index contributed by atoms with van der Waals surface area (Å²) >= 11 is 0. The van der Waals surface area contributed by atoms with E-state index in [1.54, 1.807) is 0 Å². The number of methoxy groups -OCH3 is 1. The van der Waals surface area contributed by atoms with E-state index in [1.807, 2.05) is 7.11 Å². The maximum Gasteiger partial charge on any atom is 0.0955 e. The second-order valence-electron chi connectivity index (χ2n) is 5.10. The molecule has 0 radical (unpaired) electrons. The molecule has 0 fully saturated rings. The monoisotopic (exact) mass is 216 g/mol. The zero-order valence-electron chi connectivity index (χ0n) is 10.3. The Hall–Kier alpha value is -1.08. The van der Waals surface area contributed by atoms with Crippen LogP contribution in [0.4, 0.5) is 0 Å². The van der Waals surface area contributed by atoms with Gasteiger partial charge in [0, 0.05) is 18.4 Å². The molecule has 0 aromatic carbocycles. The fourth-order valence-corrected chi connectivity index (χ4v) is 2.69. The van der Waals surface area contributed by atoms with Crippen molar-refractivity contribution >= 4 is 0 Å². The molecule has 0 amide bonds. The van der Waals surface area contributed by atoms with Crippen molar-refractivity contribution in [1.82, 2.24) is 0 Å². The molecular weight excluding hydrogens is 196 g/mol. The summed E-state index contributed by atoms with van der Waals surface area (Å²) in [5.74, 6) is 0.448. The zero-order chi connectivity index (χ0) is 11.6. The van der Waals surface area contributed by atoms with Crippen molar-refractivity contribution in [2.24, 2.45) is 11.3 Å². The third-order valence-corrected chi connectivity index (χ3v) is 4.07. The van der Waals surface area contributed by atoms with Crippen LogP contribution in [0.3, 0.4) is 0 Å². The van der Waals surface area contributed by atoms with E-state index in [2.05, 4.69) is 62.5 Å². The van der Waals surface area contributed by atoms with Gasteiger partial charge in [0.1, 0.15) is 0 Å². The number of allylic oxidation sites excluding steroid dienone is 6. The van der Waals surface area contributed by atoms with E-state index >= 15 is 0 Å². The molecule has 0 heterocycles. The maximum atomic E-state index is 5.85. The molecule has 0 bridgehead atoms. The molecule has 2 aliphatic rings. The Labute approximate surface area is 98.2 Å². The fraction of sp³-hybridized carbons (Fsp3) is 0.467. The van der Waals surface area contributed by atoms with Crippen LogP contribution in [-0.4, -0.2) is 12.7 Å². The highest BCUT2D eigenvalue weighted by Crippen LogP contribution is 2.47. The molecule has 0 saturated carbocycles. The highest BCUT2D eigenvalue weighted by Gasteiger charge is 2.46. The lowest BCUT2D eigenvalue weighted by Crippen LogP contribution is -2.48. The summed E-state index contributed by atoms with van der Waals surface area (Å²) in [5.41, 5.74) is -0.127. The SMILES string of the molecule is COC1(C(C)(C)C2C=CC=C2)C=CC=CC1. The minimum absolute atomic E-state index is 0.0620. The second-order valence-corrected chi connectivity index (χ2v) is 5.10. The van der Waals surface area contributed by atoms with Crippen LogP contribution in [0.15, 0.2) is 48.6 Å². The molecule has 0 saturated heterocycles. The van der Waals surface area contributed by atoms with Crippen molar-refractivity contribution in [3.63, 3.8) is 0 Å². The quantitative estimate of drug-likeness (QED) is 0.699. The molecule has 16 heavy (non-hydrogen) atoms. The molecule has 2 aliphatic carbocycles. The predicted molar refractivity (Wildman–Crippen MR) is 68.2 cm³/mol. The van der Waals surface area contributed by atoms with Gasteiger partial charge in [-0.1, -0.05) is 62.5 Å². The third-order valence-electron chi connectivity index (χ3n) is 4.07. The number of rotatable bonds is 3. The summed E-state index contributed by atoms with van der Waals surface area (Å²) in [4.78, 5) is 0. The summed E-state index contributed by atoms with van der Waals surface area (Å²) in [6.07, 6.45) is 18.3. The normalized spacial score (nSPS) is 29.2. The lowest BCUT2D eigenvalue weighted by atomic mass is 9.64. The second kappa shape index (κ2) is 4.06. The average molecular weight is 216 g/mol. The van der Waals surface area contributed by atoms with E-state index in [-0.39, 0.29) is 11.0 Å². The van der Waals surface area contributed by atoms with Crippen LogP contribution in [-0.2, 0) is 4.74 Å². The van der Waals surface area contributed by atoms with Gasteiger partial charge in [0.05, 0.1) is 5.60 Å². The van der Waals surface area contributed by atoms with E-state index < -0.39 is 0 Å². The number of hydrogen-bond acceptors (Lipinski definition) is 1. The highest BCUT2D eigenvalue weighted by atomic mass is 16.5. The molecule has 0 aromatic rings. The third kappa shape index (κ3) is 1.60. The van der Waals surface area contributed by atoms with Crippen LogP contribution < -0.4 is 0 Å². The van der Waals surface area contributed by atoms with Crippen LogP contribution in [0.1, 0.15) is 20.3 Å². The first kappa shape index (κ1) is 11.4. The summed E-state index contributed by atoms with van der Waals surface area (Å²) in [6.45, 7) is 4.56. The molecule has 86 valence electrons. The van der Waals surface area contributed by atoms with Gasteiger partial charge in [-0.25, -0.2) is 0 Å². The van der Waals surface area contributed by atoms with Crippen molar-refractivity contribution in [2.45, 2.75) is 25.9 Å². The van der Waals surface area contributed by atoms with Gasteiger partial charge in [-0.15, -0.1) is 0 Å². The molecule has 1 heteroatoms. The Morgan fingerprint density at radius 3 is 2.31 bits per heavy atom. The van der Waals surface area contributed by atoms with Gasteiger partial charge in [0.2, 0.25) is 0 Å². The summed E-state index contributed by atoms with van der Waals surface area (Å²) in [5, 5.41) is 0. The molecule has 0 aliphatic heterocycles. The van der Waals surface area contributed by atoms with Crippen LogP contribution in [0.2, 0.25) is 0 Å². The molecular formula is C15H20O. The highest BCUT2D eigenvalue weighted by molar-refractivity contribution is 5.29. The van der Waals surface area contributed by atoms with Gasteiger partial charge < -0.3 is 4.74 Å². The largest absolute Gasteiger partial charge is 0.373 e. The van der Waals surface area contributed by atoms with Gasteiger partial charge in [-0.2, -0.15) is 0 Å². The Bertz CT molecular complexity index is 359. The standard InChI is InChI=1S/C15H20O/c1-14(2,13-9-5-6-10-13)15(16-3)11-7-4-8-12-15/h4-11,13H,12H2,1-3H3. The maximum absolute atomic E-state index is 5.85. The van der Waals surface area contributed by atoms with Crippen LogP contribution in [0.5, 0.6) is 0 Å². The minimum Gasteiger partial charge on any atom is -0.373 e. The Morgan fingerprint density at radius 1 is 1.12 bits per heavy atom. The number of hydrogen-bond donors (Lipinski definition) is 0. The van der Waals surface area contributed by atoms with Crippen molar-refractivity contribution < 1.29 is 4.74 Å². The van der Waals surface area contributed by atoms with E-state index in [4.69, 9.17) is 4.74 Å². The van der Waals surface area contributed by atoms with Gasteiger partial charge >= 0.3 is 0 Å². The van der Waals surface area contributed by atoms with Gasteiger partial charge in [-0.05, 0) is 6.42 Å². The topological polar surface area (TPSA) is 9.23 Å². The molecule has 0 spiro atoms. The molecule has 0 aromatic heterocycles. The lowest BCUT2D eigenvalue weighted by Gasteiger charge is -2.47. The van der Waals surface area contributed by atoms with Crippen LogP contribution in [0, 0.1) is 11.3 Å². The first-order valence-electron chi connectivity index (χ1n) is 5.87. The van der Waals surface area contributed by atoms with Crippen molar-refractivity contribution in [3.05, 3.63) is 48.6 Å². The molecule has 1 nitrogen and oxygen atoms in total. The lowest BCUT2D eigenvalue weighted by molar-refractivity contribution is -0.0711. The molecule has 2 rings (SSSR count). The summed E-state index contributed by atoms with van der Waals surface area (Å²) in [6, 6.07) is 0. The molecule has 1 atom stereocenters. The van der Waals surface area contributed by atoms with Gasteiger partial charge in [-0.3, -0.25) is 0 Å². The van der Waals surface area contributed by atoms with E-state index in [1.165, 1.54) is 0 Å². The van der Waals surface area contributed by atoms with Gasteiger partial charge in [0.25, 0.3) is 0 Å². The summed E-state index contributed by atoms with van der Waals surface area (Å²) < 4.78 is 5.85. The van der Waals surface area contributed by atoms with Crippen molar-refractivity contribution in [2.75, 3.05) is 7.11 Å². The number of ether oxygens (including phenoxy) is 1. The molecule has 0 N–H and O–H groups in total. The average Bonchev–Trinajstić information content (AvgIpc) is 2.84.